The fourth-order valence-electron chi connectivity index (χ4n) is 3.93. The Hall–Kier alpha value is -0.480. The number of benzene rings is 1. The summed E-state index contributed by atoms with van der Waals surface area (Å²) in [6.45, 7) is 3.13. The van der Waals surface area contributed by atoms with Gasteiger partial charge in [-0.15, -0.1) is 0 Å². The maximum atomic E-state index is 10.1. The maximum Gasteiger partial charge on any atom is 0.120 e. The Bertz CT molecular complexity index is 519. The number of piperidine rings is 1. The molecule has 0 bridgehead atoms. The number of aliphatic hydroxyl groups excluding tert-OH is 1. The van der Waals surface area contributed by atoms with E-state index in [1.165, 1.54) is 12.8 Å². The summed E-state index contributed by atoms with van der Waals surface area (Å²) in [6.07, 6.45) is 4.49. The maximum absolute atomic E-state index is 10.1. The van der Waals surface area contributed by atoms with Crippen LogP contribution in [0.5, 0.6) is 5.75 Å². The molecule has 1 saturated heterocycles. The third-order valence-electron chi connectivity index (χ3n) is 5.21. The van der Waals surface area contributed by atoms with Crippen LogP contribution >= 0.6 is 23.2 Å². The van der Waals surface area contributed by atoms with Gasteiger partial charge < -0.3 is 15.1 Å². The molecule has 1 aliphatic carbocycles. The molecule has 0 aromatic heterocycles. The van der Waals surface area contributed by atoms with Crippen molar-refractivity contribution in [1.29, 1.82) is 0 Å². The Morgan fingerprint density at radius 3 is 2.48 bits per heavy atom. The molecule has 5 heteroatoms. The monoisotopic (exact) mass is 329 g/mol. The highest BCUT2D eigenvalue weighted by Crippen LogP contribution is 2.59. The number of phenolic OH excluding ortho intramolecular Hbond substituents is 1. The van der Waals surface area contributed by atoms with E-state index < -0.39 is 0 Å². The van der Waals surface area contributed by atoms with Crippen LogP contribution in [-0.4, -0.2) is 41.4 Å². The van der Waals surface area contributed by atoms with Crippen LogP contribution in [0.1, 0.15) is 37.2 Å². The lowest BCUT2D eigenvalue weighted by atomic mass is 9.56. The zero-order chi connectivity index (χ0) is 15.0. The highest BCUT2D eigenvalue weighted by Gasteiger charge is 2.47. The molecule has 1 aliphatic heterocycles. The standard InChI is InChI=1S/C16H21Cl2NO2/c17-12-1-2-13(21)14(15(12)18)11-9-16(10-11)3-5-19(6-4-16)7-8-20/h1-2,11,20-21H,3-10H2. The predicted molar refractivity (Wildman–Crippen MR) is 85.3 cm³/mol. The molecule has 0 unspecified atom stereocenters. The molecule has 0 amide bonds. The number of nitrogens with zero attached hydrogens (tertiary/aromatic N) is 1. The summed E-state index contributed by atoms with van der Waals surface area (Å²) in [5.74, 6) is 0.586. The molecule has 0 radical (unpaired) electrons. The quantitative estimate of drug-likeness (QED) is 0.889. The number of phenols is 1. The van der Waals surface area contributed by atoms with E-state index in [2.05, 4.69) is 4.90 Å². The zero-order valence-corrected chi connectivity index (χ0v) is 13.5. The van der Waals surface area contributed by atoms with Gasteiger partial charge >= 0.3 is 0 Å². The van der Waals surface area contributed by atoms with Crippen LogP contribution in [0.3, 0.4) is 0 Å². The summed E-state index contributed by atoms with van der Waals surface area (Å²) >= 11 is 12.3. The van der Waals surface area contributed by atoms with Gasteiger partial charge in [0.25, 0.3) is 0 Å². The molecule has 0 atom stereocenters. The second-order valence-corrected chi connectivity index (χ2v) is 7.25. The number of halogens is 2. The first-order chi connectivity index (χ1) is 10.0. The number of aliphatic hydroxyl groups is 1. The van der Waals surface area contributed by atoms with Gasteiger partial charge in [-0.3, -0.25) is 0 Å². The van der Waals surface area contributed by atoms with Gasteiger partial charge in [-0.25, -0.2) is 0 Å². The molecular formula is C16H21Cl2NO2. The average molecular weight is 330 g/mol. The summed E-state index contributed by atoms with van der Waals surface area (Å²) < 4.78 is 0. The van der Waals surface area contributed by atoms with Crippen molar-refractivity contribution in [3.05, 3.63) is 27.7 Å². The van der Waals surface area contributed by atoms with Crippen LogP contribution in [0.2, 0.25) is 10.0 Å². The van der Waals surface area contributed by atoms with Crippen LogP contribution in [-0.2, 0) is 0 Å². The Morgan fingerprint density at radius 2 is 1.86 bits per heavy atom. The largest absolute Gasteiger partial charge is 0.508 e. The molecule has 1 aromatic rings. The SMILES string of the molecule is OCCN1CCC2(CC1)CC(c1c(O)ccc(Cl)c1Cl)C2. The van der Waals surface area contributed by atoms with Gasteiger partial charge in [-0.1, -0.05) is 23.2 Å². The van der Waals surface area contributed by atoms with Gasteiger partial charge in [0.1, 0.15) is 5.75 Å². The molecule has 1 heterocycles. The lowest BCUT2D eigenvalue weighted by Crippen LogP contribution is -2.47. The van der Waals surface area contributed by atoms with Crippen LogP contribution in [0.25, 0.3) is 0 Å². The molecule has 3 nitrogen and oxygen atoms in total. The van der Waals surface area contributed by atoms with E-state index >= 15 is 0 Å². The second-order valence-electron chi connectivity index (χ2n) is 6.46. The highest BCUT2D eigenvalue weighted by atomic mass is 35.5. The van der Waals surface area contributed by atoms with Gasteiger partial charge in [0, 0.05) is 12.1 Å². The summed E-state index contributed by atoms with van der Waals surface area (Å²) in [6, 6.07) is 3.28. The zero-order valence-electron chi connectivity index (χ0n) is 12.0. The Balaban J connectivity index is 1.65. The van der Waals surface area contributed by atoms with Crippen LogP contribution < -0.4 is 0 Å². The second kappa shape index (κ2) is 5.96. The molecule has 2 aliphatic rings. The summed E-state index contributed by atoms with van der Waals surface area (Å²) in [7, 11) is 0. The molecule has 21 heavy (non-hydrogen) atoms. The number of β-amino-alcohol motifs (C(OH)–C–C–N with tert-alkyl or cyclic N) is 1. The average Bonchev–Trinajstić information content (AvgIpc) is 2.44. The van der Waals surface area contributed by atoms with Gasteiger partial charge in [-0.2, -0.15) is 0 Å². The van der Waals surface area contributed by atoms with Crippen molar-refractivity contribution in [3.8, 4) is 5.75 Å². The molecular weight excluding hydrogens is 309 g/mol. The fourth-order valence-corrected chi connectivity index (χ4v) is 4.41. The number of rotatable bonds is 3. The first-order valence-corrected chi connectivity index (χ1v) is 8.30. The first kappa shape index (κ1) is 15.4. The number of hydrogen-bond acceptors (Lipinski definition) is 3. The Morgan fingerprint density at radius 1 is 1.19 bits per heavy atom. The Kier molecular flexibility index (Phi) is 4.37. The predicted octanol–water partition coefficient (Wildman–Crippen LogP) is 3.65. The summed E-state index contributed by atoms with van der Waals surface area (Å²) in [5, 5.41) is 20.1. The fraction of sp³-hybridized carbons (Fsp3) is 0.625. The minimum absolute atomic E-state index is 0.238. The van der Waals surface area contributed by atoms with E-state index in [0.717, 1.165) is 38.0 Å². The van der Waals surface area contributed by atoms with E-state index in [0.29, 0.717) is 21.4 Å². The van der Waals surface area contributed by atoms with E-state index in [4.69, 9.17) is 28.3 Å². The molecule has 1 spiro atoms. The van der Waals surface area contributed by atoms with Gasteiger partial charge in [0.15, 0.2) is 0 Å². The van der Waals surface area contributed by atoms with Crippen molar-refractivity contribution in [1.82, 2.24) is 4.90 Å². The first-order valence-electron chi connectivity index (χ1n) is 7.55. The van der Waals surface area contributed by atoms with Crippen molar-refractivity contribution in [2.75, 3.05) is 26.2 Å². The van der Waals surface area contributed by atoms with Crippen molar-refractivity contribution in [3.63, 3.8) is 0 Å². The van der Waals surface area contributed by atoms with Crippen molar-refractivity contribution < 1.29 is 10.2 Å². The summed E-state index contributed by atoms with van der Waals surface area (Å²) in [4.78, 5) is 2.32. The third-order valence-corrected chi connectivity index (χ3v) is 6.03. The minimum Gasteiger partial charge on any atom is -0.508 e. The van der Waals surface area contributed by atoms with Crippen molar-refractivity contribution >= 4 is 23.2 Å². The van der Waals surface area contributed by atoms with E-state index in [9.17, 15) is 5.11 Å². The molecule has 2 fully saturated rings. The molecule has 1 saturated carbocycles. The van der Waals surface area contributed by atoms with Crippen LogP contribution in [0, 0.1) is 5.41 Å². The van der Waals surface area contributed by atoms with Gasteiger partial charge in [0.2, 0.25) is 0 Å². The summed E-state index contributed by atoms with van der Waals surface area (Å²) in [5.41, 5.74) is 1.22. The van der Waals surface area contributed by atoms with E-state index in [1.54, 1.807) is 12.1 Å². The minimum atomic E-state index is 0.238. The number of likely N-dealkylation sites (tertiary alicyclic amines) is 1. The van der Waals surface area contributed by atoms with Crippen LogP contribution in [0.4, 0.5) is 0 Å². The highest BCUT2D eigenvalue weighted by molar-refractivity contribution is 6.42. The lowest BCUT2D eigenvalue weighted by Gasteiger charge is -2.52. The molecule has 3 rings (SSSR count). The lowest BCUT2D eigenvalue weighted by molar-refractivity contribution is 0.0105. The Labute approximate surface area is 135 Å². The van der Waals surface area contributed by atoms with Gasteiger partial charge in [-0.05, 0) is 62.2 Å². The smallest absolute Gasteiger partial charge is 0.120 e. The number of hydrogen-bond donors (Lipinski definition) is 2. The van der Waals surface area contributed by atoms with Crippen LogP contribution in [0.15, 0.2) is 12.1 Å². The molecule has 2 N–H and O–H groups in total. The molecule has 1 aromatic carbocycles. The van der Waals surface area contributed by atoms with Crippen molar-refractivity contribution in [2.24, 2.45) is 5.41 Å². The van der Waals surface area contributed by atoms with Crippen molar-refractivity contribution in [2.45, 2.75) is 31.6 Å². The van der Waals surface area contributed by atoms with Gasteiger partial charge in [0.05, 0.1) is 16.7 Å². The number of aromatic hydroxyl groups is 1. The molecule has 116 valence electrons. The normalized spacial score (nSPS) is 22.4. The third kappa shape index (κ3) is 2.89. The van der Waals surface area contributed by atoms with E-state index in [-0.39, 0.29) is 12.4 Å². The topological polar surface area (TPSA) is 43.7 Å². The van der Waals surface area contributed by atoms with E-state index in [1.807, 2.05) is 0 Å².